The molecule has 1 aromatic carbocycles. The normalized spacial score (nSPS) is 9.86. The van der Waals surface area contributed by atoms with Crippen LogP contribution in [0.5, 0.6) is 11.5 Å². The van der Waals surface area contributed by atoms with Crippen LogP contribution in [0.4, 0.5) is 5.69 Å². The molecule has 7 heteroatoms. The van der Waals surface area contributed by atoms with Crippen molar-refractivity contribution in [3.63, 3.8) is 0 Å². The Hall–Kier alpha value is -3.01. The molecule has 0 aliphatic carbocycles. The van der Waals surface area contributed by atoms with Crippen molar-refractivity contribution in [2.45, 2.75) is 6.92 Å². The summed E-state index contributed by atoms with van der Waals surface area (Å²) in [6, 6.07) is 6.83. The number of nitriles is 1. The van der Waals surface area contributed by atoms with Crippen molar-refractivity contribution < 1.29 is 14.3 Å². The number of hydrogen-bond acceptors (Lipinski definition) is 5. The van der Waals surface area contributed by atoms with Crippen LogP contribution in [0.3, 0.4) is 0 Å². The second kappa shape index (κ2) is 7.13. The summed E-state index contributed by atoms with van der Waals surface area (Å²) in [5.74, 6) is 0.553. The minimum atomic E-state index is -0.306. The second-order valence-electron chi connectivity index (χ2n) is 4.45. The number of anilines is 1. The highest BCUT2D eigenvalue weighted by Gasteiger charge is 2.10. The van der Waals surface area contributed by atoms with E-state index in [9.17, 15) is 4.79 Å². The fourth-order valence-electron chi connectivity index (χ4n) is 1.79. The molecule has 0 saturated carbocycles. The van der Waals surface area contributed by atoms with E-state index in [2.05, 4.69) is 10.4 Å². The Bertz CT molecular complexity index is 703. The maximum atomic E-state index is 11.8. The number of benzene rings is 1. The van der Waals surface area contributed by atoms with E-state index >= 15 is 0 Å². The summed E-state index contributed by atoms with van der Waals surface area (Å²) in [5, 5.41) is 15.5. The number of ether oxygens (including phenoxy) is 2. The summed E-state index contributed by atoms with van der Waals surface area (Å²) in [7, 11) is 1.76. The van der Waals surface area contributed by atoms with Crippen molar-refractivity contribution >= 4 is 11.6 Å². The molecule has 0 spiro atoms. The lowest BCUT2D eigenvalue weighted by Gasteiger charge is -2.11. The predicted octanol–water partition coefficient (Wildman–Crippen LogP) is 1.71. The molecule has 2 rings (SSSR count). The molecule has 1 heterocycles. The molecule has 0 fully saturated rings. The van der Waals surface area contributed by atoms with Crippen molar-refractivity contribution in [1.82, 2.24) is 9.78 Å². The lowest BCUT2D eigenvalue weighted by atomic mass is 10.2. The standard InChI is InChI=1S/C15H16N4O3/c1-3-21-14-6-11(7-16)4-5-13(14)22-10-15(20)18-12-8-17-19(2)9-12/h4-6,8-9H,3,10H2,1-2H3,(H,18,20). The van der Waals surface area contributed by atoms with Crippen LogP contribution < -0.4 is 14.8 Å². The van der Waals surface area contributed by atoms with Gasteiger partial charge in [-0.1, -0.05) is 0 Å². The van der Waals surface area contributed by atoms with E-state index in [0.29, 0.717) is 29.4 Å². The number of carbonyl (C=O) groups is 1. The zero-order chi connectivity index (χ0) is 15.9. The van der Waals surface area contributed by atoms with Gasteiger partial charge in [0, 0.05) is 19.3 Å². The Labute approximate surface area is 128 Å². The van der Waals surface area contributed by atoms with E-state index < -0.39 is 0 Å². The first-order valence-electron chi connectivity index (χ1n) is 6.70. The highest BCUT2D eigenvalue weighted by Crippen LogP contribution is 2.28. The maximum Gasteiger partial charge on any atom is 0.262 e. The molecule has 7 nitrogen and oxygen atoms in total. The zero-order valence-corrected chi connectivity index (χ0v) is 12.4. The molecule has 0 saturated heterocycles. The van der Waals surface area contributed by atoms with Gasteiger partial charge in [-0.25, -0.2) is 0 Å². The maximum absolute atomic E-state index is 11.8. The van der Waals surface area contributed by atoms with E-state index in [4.69, 9.17) is 14.7 Å². The van der Waals surface area contributed by atoms with E-state index in [1.54, 1.807) is 42.3 Å². The van der Waals surface area contributed by atoms with Crippen LogP contribution in [0.15, 0.2) is 30.6 Å². The number of rotatable bonds is 6. The highest BCUT2D eigenvalue weighted by atomic mass is 16.5. The average Bonchev–Trinajstić information content (AvgIpc) is 2.91. The van der Waals surface area contributed by atoms with Crippen molar-refractivity contribution in [1.29, 1.82) is 5.26 Å². The van der Waals surface area contributed by atoms with Gasteiger partial charge >= 0.3 is 0 Å². The summed E-state index contributed by atoms with van der Waals surface area (Å²) in [4.78, 5) is 11.8. The molecule has 22 heavy (non-hydrogen) atoms. The van der Waals surface area contributed by atoms with Gasteiger partial charge in [-0.05, 0) is 19.1 Å². The van der Waals surface area contributed by atoms with E-state index in [-0.39, 0.29) is 12.5 Å². The number of amides is 1. The van der Waals surface area contributed by atoms with Crippen molar-refractivity contribution in [3.05, 3.63) is 36.2 Å². The van der Waals surface area contributed by atoms with Gasteiger partial charge in [0.15, 0.2) is 18.1 Å². The van der Waals surface area contributed by atoms with Gasteiger partial charge in [-0.15, -0.1) is 0 Å². The molecule has 0 radical (unpaired) electrons. The zero-order valence-electron chi connectivity index (χ0n) is 12.4. The molecular weight excluding hydrogens is 284 g/mol. The summed E-state index contributed by atoms with van der Waals surface area (Å²) in [5.41, 5.74) is 1.07. The third kappa shape index (κ3) is 3.99. The Kier molecular flexibility index (Phi) is 4.98. The van der Waals surface area contributed by atoms with Gasteiger partial charge in [-0.3, -0.25) is 9.48 Å². The number of aryl methyl sites for hydroxylation is 1. The second-order valence-corrected chi connectivity index (χ2v) is 4.45. The number of carbonyl (C=O) groups excluding carboxylic acids is 1. The summed E-state index contributed by atoms with van der Waals surface area (Å²) >= 11 is 0. The summed E-state index contributed by atoms with van der Waals surface area (Å²) < 4.78 is 12.5. The Morgan fingerprint density at radius 1 is 1.41 bits per heavy atom. The van der Waals surface area contributed by atoms with E-state index in [0.717, 1.165) is 0 Å². The molecule has 0 unspecified atom stereocenters. The fraction of sp³-hybridized carbons (Fsp3) is 0.267. The van der Waals surface area contributed by atoms with Crippen molar-refractivity contribution in [2.75, 3.05) is 18.5 Å². The molecule has 1 aromatic heterocycles. The van der Waals surface area contributed by atoms with Gasteiger partial charge in [0.2, 0.25) is 0 Å². The molecule has 1 N–H and O–H groups in total. The molecule has 0 aliphatic rings. The summed E-state index contributed by atoms with van der Waals surface area (Å²) in [6.45, 7) is 2.10. The molecule has 1 amide bonds. The van der Waals surface area contributed by atoms with Crippen LogP contribution in [0.25, 0.3) is 0 Å². The van der Waals surface area contributed by atoms with E-state index in [1.165, 1.54) is 0 Å². The van der Waals surface area contributed by atoms with Crippen molar-refractivity contribution in [3.8, 4) is 17.6 Å². The number of aromatic nitrogens is 2. The predicted molar refractivity (Wildman–Crippen MR) is 79.7 cm³/mol. The monoisotopic (exact) mass is 300 g/mol. The van der Waals surface area contributed by atoms with E-state index in [1.807, 2.05) is 13.0 Å². The van der Waals surface area contributed by atoms with Crippen LogP contribution >= 0.6 is 0 Å². The van der Waals surface area contributed by atoms with Crippen molar-refractivity contribution in [2.24, 2.45) is 7.05 Å². The molecule has 0 aliphatic heterocycles. The fourth-order valence-corrected chi connectivity index (χ4v) is 1.79. The minimum absolute atomic E-state index is 0.166. The van der Waals surface area contributed by atoms with Crippen LogP contribution in [-0.4, -0.2) is 28.9 Å². The summed E-state index contributed by atoms with van der Waals surface area (Å²) in [6.07, 6.45) is 3.23. The number of hydrogen-bond donors (Lipinski definition) is 1. The number of nitrogens with one attached hydrogen (secondary N) is 1. The lowest BCUT2D eigenvalue weighted by Crippen LogP contribution is -2.20. The van der Waals surface area contributed by atoms with Gasteiger partial charge < -0.3 is 14.8 Å². The van der Waals surface area contributed by atoms with Gasteiger partial charge in [-0.2, -0.15) is 10.4 Å². The van der Waals surface area contributed by atoms with Crippen LogP contribution in [-0.2, 0) is 11.8 Å². The van der Waals surface area contributed by atoms with Gasteiger partial charge in [0.25, 0.3) is 5.91 Å². The third-order valence-corrected chi connectivity index (χ3v) is 2.72. The molecule has 0 bridgehead atoms. The SMILES string of the molecule is CCOc1cc(C#N)ccc1OCC(=O)Nc1cnn(C)c1. The number of nitrogens with zero attached hydrogens (tertiary/aromatic N) is 3. The van der Waals surface area contributed by atoms with Crippen LogP contribution in [0.1, 0.15) is 12.5 Å². The first-order valence-corrected chi connectivity index (χ1v) is 6.70. The smallest absolute Gasteiger partial charge is 0.262 e. The minimum Gasteiger partial charge on any atom is -0.490 e. The van der Waals surface area contributed by atoms with Crippen LogP contribution in [0, 0.1) is 11.3 Å². The quantitative estimate of drug-likeness (QED) is 0.877. The van der Waals surface area contributed by atoms with Gasteiger partial charge in [0.1, 0.15) is 0 Å². The van der Waals surface area contributed by atoms with Gasteiger partial charge in [0.05, 0.1) is 30.1 Å². The Morgan fingerprint density at radius 2 is 2.23 bits per heavy atom. The largest absolute Gasteiger partial charge is 0.490 e. The van der Waals surface area contributed by atoms with Crippen LogP contribution in [0.2, 0.25) is 0 Å². The lowest BCUT2D eigenvalue weighted by molar-refractivity contribution is -0.118. The molecule has 2 aromatic rings. The average molecular weight is 300 g/mol. The highest BCUT2D eigenvalue weighted by molar-refractivity contribution is 5.91. The third-order valence-electron chi connectivity index (χ3n) is 2.72. The Morgan fingerprint density at radius 3 is 2.86 bits per heavy atom. The first-order chi connectivity index (χ1) is 10.6. The molecular formula is C15H16N4O3. The topological polar surface area (TPSA) is 89.2 Å². The Balaban J connectivity index is 1.98. The molecule has 114 valence electrons. The first kappa shape index (κ1) is 15.4. The molecule has 0 atom stereocenters.